The number of aliphatic carboxylic acids is 1. The molecule has 5 nitrogen and oxygen atoms in total. The van der Waals surface area contributed by atoms with Crippen molar-refractivity contribution in [2.75, 3.05) is 0 Å². The molecule has 2 rings (SSSR count). The number of hydrogen-bond donors (Lipinski definition) is 1. The highest BCUT2D eigenvalue weighted by Crippen LogP contribution is 2.12. The third-order valence-electron chi connectivity index (χ3n) is 2.99. The highest BCUT2D eigenvalue weighted by Gasteiger charge is 2.10. The number of rotatable bonds is 4. The standard InChI is InChI=1S/C14H13BrN2O3/c1-9-16-7-12(15)14(20)17(9)8-11-5-3-2-4-10(11)6-13(18)19/h2-5,7H,6,8H2,1H3,(H,18,19). The van der Waals surface area contributed by atoms with Crippen LogP contribution in [-0.4, -0.2) is 20.6 Å². The largest absolute Gasteiger partial charge is 0.481 e. The minimum atomic E-state index is -0.895. The summed E-state index contributed by atoms with van der Waals surface area (Å²) in [5.41, 5.74) is 1.33. The van der Waals surface area contributed by atoms with Crippen LogP contribution in [0.3, 0.4) is 0 Å². The van der Waals surface area contributed by atoms with Crippen LogP contribution in [-0.2, 0) is 17.8 Å². The zero-order valence-corrected chi connectivity index (χ0v) is 12.4. The van der Waals surface area contributed by atoms with E-state index in [9.17, 15) is 9.59 Å². The average Bonchev–Trinajstić information content (AvgIpc) is 2.40. The van der Waals surface area contributed by atoms with E-state index in [1.54, 1.807) is 19.1 Å². The second kappa shape index (κ2) is 6.00. The second-order valence-corrected chi connectivity index (χ2v) is 5.24. The van der Waals surface area contributed by atoms with E-state index in [2.05, 4.69) is 20.9 Å². The first-order chi connectivity index (χ1) is 9.49. The lowest BCUT2D eigenvalue weighted by Crippen LogP contribution is -2.25. The van der Waals surface area contributed by atoms with Gasteiger partial charge in [0.1, 0.15) is 10.3 Å². The van der Waals surface area contributed by atoms with E-state index in [0.717, 1.165) is 5.56 Å². The number of halogens is 1. The van der Waals surface area contributed by atoms with E-state index >= 15 is 0 Å². The van der Waals surface area contributed by atoms with Crippen LogP contribution < -0.4 is 5.56 Å². The van der Waals surface area contributed by atoms with E-state index < -0.39 is 5.97 Å². The van der Waals surface area contributed by atoms with Crippen LogP contribution in [0.2, 0.25) is 0 Å². The van der Waals surface area contributed by atoms with Crippen molar-refractivity contribution in [3.8, 4) is 0 Å². The minimum Gasteiger partial charge on any atom is -0.481 e. The summed E-state index contributed by atoms with van der Waals surface area (Å²) in [6.45, 7) is 2.05. The topological polar surface area (TPSA) is 72.2 Å². The molecule has 0 aliphatic heterocycles. The molecule has 0 aliphatic carbocycles. The van der Waals surface area contributed by atoms with Crippen LogP contribution >= 0.6 is 15.9 Å². The van der Waals surface area contributed by atoms with Crippen molar-refractivity contribution in [2.24, 2.45) is 0 Å². The molecule has 0 aliphatic rings. The molecule has 0 radical (unpaired) electrons. The van der Waals surface area contributed by atoms with Crippen molar-refractivity contribution in [1.29, 1.82) is 0 Å². The lowest BCUT2D eigenvalue weighted by atomic mass is 10.0. The van der Waals surface area contributed by atoms with Gasteiger partial charge in [0.25, 0.3) is 5.56 Å². The zero-order chi connectivity index (χ0) is 14.7. The molecule has 1 aromatic carbocycles. The molecule has 6 heteroatoms. The SMILES string of the molecule is Cc1ncc(Br)c(=O)n1Cc1ccccc1CC(=O)O. The van der Waals surface area contributed by atoms with Crippen molar-refractivity contribution >= 4 is 21.9 Å². The first-order valence-electron chi connectivity index (χ1n) is 5.99. The Bertz CT molecular complexity index is 710. The van der Waals surface area contributed by atoms with Gasteiger partial charge in [0.2, 0.25) is 0 Å². The maximum Gasteiger partial charge on any atom is 0.307 e. The lowest BCUT2D eigenvalue weighted by molar-refractivity contribution is -0.136. The summed E-state index contributed by atoms with van der Waals surface area (Å²) >= 11 is 3.16. The number of aromatic nitrogens is 2. The Morgan fingerprint density at radius 1 is 1.35 bits per heavy atom. The Labute approximate surface area is 124 Å². The molecule has 20 heavy (non-hydrogen) atoms. The van der Waals surface area contributed by atoms with E-state index in [-0.39, 0.29) is 12.0 Å². The van der Waals surface area contributed by atoms with Crippen molar-refractivity contribution in [2.45, 2.75) is 19.9 Å². The Morgan fingerprint density at radius 3 is 2.65 bits per heavy atom. The predicted octanol–water partition coefficient (Wildman–Crippen LogP) is 1.99. The van der Waals surface area contributed by atoms with Gasteiger partial charge in [-0.2, -0.15) is 0 Å². The molecule has 0 atom stereocenters. The Kier molecular flexibility index (Phi) is 4.34. The number of carboxylic acid groups (broad SMARTS) is 1. The molecular formula is C14H13BrN2O3. The molecule has 2 aromatic rings. The van der Waals surface area contributed by atoms with Gasteiger partial charge in [0.05, 0.1) is 13.0 Å². The fraction of sp³-hybridized carbons (Fsp3) is 0.214. The molecule has 1 N–H and O–H groups in total. The molecule has 104 valence electrons. The number of hydrogen-bond acceptors (Lipinski definition) is 3. The Balaban J connectivity index is 2.43. The Morgan fingerprint density at radius 2 is 2.00 bits per heavy atom. The summed E-state index contributed by atoms with van der Waals surface area (Å²) in [4.78, 5) is 27.1. The number of aryl methyl sites for hydroxylation is 1. The highest BCUT2D eigenvalue weighted by atomic mass is 79.9. The van der Waals surface area contributed by atoms with Gasteiger partial charge in [-0.15, -0.1) is 0 Å². The van der Waals surface area contributed by atoms with Crippen LogP contribution in [0, 0.1) is 6.92 Å². The lowest BCUT2D eigenvalue weighted by Gasteiger charge is -2.12. The van der Waals surface area contributed by atoms with Crippen molar-refractivity contribution < 1.29 is 9.90 Å². The van der Waals surface area contributed by atoms with Gasteiger partial charge in [-0.25, -0.2) is 4.98 Å². The highest BCUT2D eigenvalue weighted by molar-refractivity contribution is 9.10. The summed E-state index contributed by atoms with van der Waals surface area (Å²) in [6, 6.07) is 7.20. The molecule has 0 amide bonds. The molecule has 0 saturated carbocycles. The molecule has 0 spiro atoms. The van der Waals surface area contributed by atoms with Crippen molar-refractivity contribution in [1.82, 2.24) is 9.55 Å². The van der Waals surface area contributed by atoms with Crippen LogP contribution in [0.1, 0.15) is 17.0 Å². The summed E-state index contributed by atoms with van der Waals surface area (Å²) in [5, 5.41) is 8.92. The van der Waals surface area contributed by atoms with Crippen LogP contribution in [0.5, 0.6) is 0 Å². The van der Waals surface area contributed by atoms with E-state index in [1.807, 2.05) is 12.1 Å². The zero-order valence-electron chi connectivity index (χ0n) is 10.8. The van der Waals surface area contributed by atoms with Gasteiger partial charge < -0.3 is 5.11 Å². The van der Waals surface area contributed by atoms with Crippen LogP contribution in [0.25, 0.3) is 0 Å². The third kappa shape index (κ3) is 3.14. The van der Waals surface area contributed by atoms with E-state index in [0.29, 0.717) is 22.4 Å². The van der Waals surface area contributed by atoms with Gasteiger partial charge in [-0.05, 0) is 34.0 Å². The number of carboxylic acids is 1. The van der Waals surface area contributed by atoms with Crippen molar-refractivity contribution in [3.05, 3.63) is 62.2 Å². The van der Waals surface area contributed by atoms with Gasteiger partial charge in [0, 0.05) is 6.20 Å². The fourth-order valence-corrected chi connectivity index (χ4v) is 2.27. The van der Waals surface area contributed by atoms with Gasteiger partial charge in [-0.3, -0.25) is 14.2 Å². The van der Waals surface area contributed by atoms with E-state index in [1.165, 1.54) is 10.8 Å². The molecule has 0 fully saturated rings. The third-order valence-corrected chi connectivity index (χ3v) is 3.54. The van der Waals surface area contributed by atoms with Crippen LogP contribution in [0.15, 0.2) is 39.7 Å². The first kappa shape index (κ1) is 14.5. The average molecular weight is 337 g/mol. The molecule has 0 saturated heterocycles. The monoisotopic (exact) mass is 336 g/mol. The maximum absolute atomic E-state index is 12.1. The molecule has 0 unspecified atom stereocenters. The summed E-state index contributed by atoms with van der Waals surface area (Å²) in [5.74, 6) is -0.308. The molecular weight excluding hydrogens is 324 g/mol. The van der Waals surface area contributed by atoms with Gasteiger partial charge >= 0.3 is 5.97 Å². The summed E-state index contributed by atoms with van der Waals surface area (Å²) < 4.78 is 1.91. The number of benzene rings is 1. The number of nitrogens with zero attached hydrogens (tertiary/aromatic N) is 2. The smallest absolute Gasteiger partial charge is 0.307 e. The van der Waals surface area contributed by atoms with E-state index in [4.69, 9.17) is 5.11 Å². The summed E-state index contributed by atoms with van der Waals surface area (Å²) in [6.07, 6.45) is 1.41. The quantitative estimate of drug-likeness (QED) is 0.926. The molecule has 1 heterocycles. The Hall–Kier alpha value is -1.95. The minimum absolute atomic E-state index is 0.0641. The summed E-state index contributed by atoms with van der Waals surface area (Å²) in [7, 11) is 0. The second-order valence-electron chi connectivity index (χ2n) is 4.38. The van der Waals surface area contributed by atoms with Crippen LogP contribution in [0.4, 0.5) is 0 Å². The van der Waals surface area contributed by atoms with Crippen molar-refractivity contribution in [3.63, 3.8) is 0 Å². The normalized spacial score (nSPS) is 10.5. The molecule has 0 bridgehead atoms. The fourth-order valence-electron chi connectivity index (χ4n) is 1.95. The number of carbonyl (C=O) groups is 1. The first-order valence-corrected chi connectivity index (χ1v) is 6.79. The maximum atomic E-state index is 12.1. The molecule has 1 aromatic heterocycles. The van der Waals surface area contributed by atoms with Gasteiger partial charge in [0.15, 0.2) is 0 Å². The van der Waals surface area contributed by atoms with Gasteiger partial charge in [-0.1, -0.05) is 24.3 Å². The predicted molar refractivity (Wildman–Crippen MR) is 77.8 cm³/mol.